The molecule has 0 radical (unpaired) electrons. The van der Waals surface area contributed by atoms with E-state index in [9.17, 15) is 13.6 Å². The monoisotopic (exact) mass is 288 g/mol. The summed E-state index contributed by atoms with van der Waals surface area (Å²) < 4.78 is 31.9. The van der Waals surface area contributed by atoms with Gasteiger partial charge in [0.25, 0.3) is 5.95 Å². The Hall–Kier alpha value is -1.46. The molecule has 0 fully saturated rings. The van der Waals surface area contributed by atoms with Gasteiger partial charge in [0.15, 0.2) is 0 Å². The Labute approximate surface area is 118 Å². The molecular weight excluding hydrogens is 266 g/mol. The predicted molar refractivity (Wildman–Crippen MR) is 72.1 cm³/mol. The average Bonchev–Trinajstić information content (AvgIpc) is 2.68. The molecule has 20 heavy (non-hydrogen) atoms. The molecule has 0 unspecified atom stereocenters. The lowest BCUT2D eigenvalue weighted by atomic mass is 10.1. The molecule has 1 aromatic heterocycles. The van der Waals surface area contributed by atoms with Gasteiger partial charge in [0.1, 0.15) is 5.69 Å². The number of carbonyl (C=O) groups excluding carboxylic acids is 1. The lowest BCUT2D eigenvalue weighted by Gasteiger charge is -2.00. The van der Waals surface area contributed by atoms with Gasteiger partial charge in [-0.05, 0) is 19.3 Å². The van der Waals surface area contributed by atoms with Crippen LogP contribution in [0, 0.1) is 5.95 Å². The van der Waals surface area contributed by atoms with E-state index in [4.69, 9.17) is 0 Å². The number of nitrogens with zero attached hydrogens (tertiary/aromatic N) is 2. The number of halogens is 2. The summed E-state index contributed by atoms with van der Waals surface area (Å²) in [6.07, 6.45) is 4.01. The fourth-order valence-electron chi connectivity index (χ4n) is 2.02. The van der Waals surface area contributed by atoms with Crippen LogP contribution in [0.2, 0.25) is 0 Å². The third-order valence-electron chi connectivity index (χ3n) is 3.09. The fraction of sp³-hybridized carbons (Fsp3) is 0.714. The van der Waals surface area contributed by atoms with Crippen LogP contribution in [0.5, 0.6) is 5.75 Å². The number of hydrogen-bond acceptors (Lipinski definition) is 3. The van der Waals surface area contributed by atoms with Crippen molar-refractivity contribution in [2.24, 2.45) is 0 Å². The minimum absolute atomic E-state index is 0.318. The molecule has 0 aromatic carbocycles. The first kappa shape index (κ1) is 16.6. The van der Waals surface area contributed by atoms with Gasteiger partial charge in [0, 0.05) is 6.54 Å². The molecule has 0 spiro atoms. The van der Waals surface area contributed by atoms with E-state index in [1.165, 1.54) is 0 Å². The maximum absolute atomic E-state index is 14.0. The standard InChI is InChI=1S/C14H22F2N2O2/c1-3-5-7-9-11-12(20-14(16)19)13(15)18(17-11)10-8-6-4-2/h3-10H2,1-2H3. The normalized spacial score (nSPS) is 10.8. The SMILES string of the molecule is CCCCCc1nn(CCCCC)c(F)c1OC(=O)F. The molecule has 1 aromatic rings. The van der Waals surface area contributed by atoms with Crippen molar-refractivity contribution in [3.05, 3.63) is 11.6 Å². The molecule has 0 aliphatic heterocycles. The molecule has 114 valence electrons. The van der Waals surface area contributed by atoms with Gasteiger partial charge in [-0.25, -0.2) is 9.48 Å². The predicted octanol–water partition coefficient (Wildman–Crippen LogP) is 4.41. The second-order valence-electron chi connectivity index (χ2n) is 4.79. The van der Waals surface area contributed by atoms with Crippen LogP contribution in [-0.2, 0) is 13.0 Å². The molecule has 0 saturated heterocycles. The molecular formula is C14H22F2N2O2. The number of ether oxygens (including phenoxy) is 1. The summed E-state index contributed by atoms with van der Waals surface area (Å²) >= 11 is 0. The van der Waals surface area contributed by atoms with Gasteiger partial charge < -0.3 is 4.74 Å². The van der Waals surface area contributed by atoms with E-state index in [1.807, 2.05) is 13.8 Å². The molecule has 6 heteroatoms. The zero-order valence-electron chi connectivity index (χ0n) is 12.1. The smallest absolute Gasteiger partial charge is 0.394 e. The maximum atomic E-state index is 14.0. The van der Waals surface area contributed by atoms with Crippen molar-refractivity contribution >= 4 is 6.22 Å². The van der Waals surface area contributed by atoms with Crippen LogP contribution >= 0.6 is 0 Å². The summed E-state index contributed by atoms with van der Waals surface area (Å²) in [7, 11) is 0. The van der Waals surface area contributed by atoms with Crippen LogP contribution in [0.25, 0.3) is 0 Å². The Balaban J connectivity index is 2.82. The van der Waals surface area contributed by atoms with Crippen LogP contribution < -0.4 is 4.74 Å². The van der Waals surface area contributed by atoms with Crippen LogP contribution in [-0.4, -0.2) is 16.0 Å². The topological polar surface area (TPSA) is 44.1 Å². The third kappa shape index (κ3) is 4.90. The van der Waals surface area contributed by atoms with Gasteiger partial charge in [-0.1, -0.05) is 39.5 Å². The quantitative estimate of drug-likeness (QED) is 0.499. The molecule has 0 N–H and O–H groups in total. The summed E-state index contributed by atoms with van der Waals surface area (Å²) in [6, 6.07) is 0. The number of hydrogen-bond donors (Lipinski definition) is 0. The molecule has 0 atom stereocenters. The zero-order valence-corrected chi connectivity index (χ0v) is 12.1. The van der Waals surface area contributed by atoms with Crippen molar-refractivity contribution < 1.29 is 18.3 Å². The Morgan fingerprint density at radius 1 is 1.20 bits per heavy atom. The zero-order chi connectivity index (χ0) is 15.0. The van der Waals surface area contributed by atoms with Crippen LogP contribution in [0.3, 0.4) is 0 Å². The molecule has 0 aliphatic carbocycles. The van der Waals surface area contributed by atoms with Crippen molar-refractivity contribution in [2.75, 3.05) is 0 Å². The van der Waals surface area contributed by atoms with Gasteiger partial charge in [-0.15, -0.1) is 4.39 Å². The number of aryl methyl sites for hydroxylation is 2. The van der Waals surface area contributed by atoms with E-state index >= 15 is 0 Å². The highest BCUT2D eigenvalue weighted by molar-refractivity contribution is 5.62. The summed E-state index contributed by atoms with van der Waals surface area (Å²) in [5.74, 6) is -1.12. The molecule has 1 heterocycles. The van der Waals surface area contributed by atoms with Crippen LogP contribution in [0.4, 0.5) is 13.6 Å². The molecule has 0 bridgehead atoms. The van der Waals surface area contributed by atoms with E-state index in [2.05, 4.69) is 9.84 Å². The lowest BCUT2D eigenvalue weighted by molar-refractivity contribution is 0.172. The third-order valence-corrected chi connectivity index (χ3v) is 3.09. The Kier molecular flexibility index (Phi) is 7.18. The number of rotatable bonds is 9. The van der Waals surface area contributed by atoms with Crippen molar-refractivity contribution in [1.82, 2.24) is 9.78 Å². The molecule has 4 nitrogen and oxygen atoms in total. The molecule has 0 amide bonds. The summed E-state index contributed by atoms with van der Waals surface area (Å²) in [6.45, 7) is 4.50. The first-order valence-corrected chi connectivity index (χ1v) is 7.22. The highest BCUT2D eigenvalue weighted by Gasteiger charge is 2.21. The van der Waals surface area contributed by atoms with Gasteiger partial charge in [0.05, 0.1) is 0 Å². The van der Waals surface area contributed by atoms with Crippen molar-refractivity contribution in [1.29, 1.82) is 0 Å². The van der Waals surface area contributed by atoms with Crippen molar-refractivity contribution in [3.8, 4) is 5.75 Å². The van der Waals surface area contributed by atoms with Crippen LogP contribution in [0.1, 0.15) is 58.1 Å². The maximum Gasteiger partial charge on any atom is 0.501 e. The number of carbonyl (C=O) groups is 1. The van der Waals surface area contributed by atoms with E-state index in [1.54, 1.807) is 0 Å². The summed E-state index contributed by atoms with van der Waals surface area (Å²) in [5.41, 5.74) is 0.318. The van der Waals surface area contributed by atoms with Gasteiger partial charge in [-0.2, -0.15) is 9.49 Å². The van der Waals surface area contributed by atoms with E-state index in [-0.39, 0.29) is 5.75 Å². The largest absolute Gasteiger partial charge is 0.501 e. The molecule has 0 saturated carbocycles. The Bertz CT molecular complexity index is 433. The average molecular weight is 288 g/mol. The first-order chi connectivity index (χ1) is 9.60. The second kappa shape index (κ2) is 8.66. The van der Waals surface area contributed by atoms with Crippen LogP contribution in [0.15, 0.2) is 0 Å². The minimum Gasteiger partial charge on any atom is -0.394 e. The van der Waals surface area contributed by atoms with Gasteiger partial charge >= 0.3 is 6.22 Å². The summed E-state index contributed by atoms with van der Waals surface area (Å²) in [5, 5.41) is 4.10. The highest BCUT2D eigenvalue weighted by Crippen LogP contribution is 2.25. The van der Waals surface area contributed by atoms with Crippen molar-refractivity contribution in [2.45, 2.75) is 65.3 Å². The molecule has 0 aliphatic rings. The van der Waals surface area contributed by atoms with E-state index in [0.717, 1.165) is 43.2 Å². The Morgan fingerprint density at radius 2 is 1.85 bits per heavy atom. The van der Waals surface area contributed by atoms with Gasteiger partial charge in [-0.3, -0.25) is 0 Å². The number of aromatic nitrogens is 2. The van der Waals surface area contributed by atoms with Gasteiger partial charge in [0.2, 0.25) is 5.75 Å². The minimum atomic E-state index is -2.01. The van der Waals surface area contributed by atoms with E-state index < -0.39 is 12.2 Å². The number of unbranched alkanes of at least 4 members (excludes halogenated alkanes) is 4. The second-order valence-corrected chi connectivity index (χ2v) is 4.79. The molecule has 1 rings (SSSR count). The highest BCUT2D eigenvalue weighted by atomic mass is 19.1. The van der Waals surface area contributed by atoms with Crippen molar-refractivity contribution in [3.63, 3.8) is 0 Å². The van der Waals surface area contributed by atoms with E-state index in [0.29, 0.717) is 18.7 Å². The fourth-order valence-corrected chi connectivity index (χ4v) is 2.02. The Morgan fingerprint density at radius 3 is 2.45 bits per heavy atom. The summed E-state index contributed by atoms with van der Waals surface area (Å²) in [4.78, 5) is 10.4. The lowest BCUT2D eigenvalue weighted by Crippen LogP contribution is -2.04. The first-order valence-electron chi connectivity index (χ1n) is 7.22.